The fourth-order valence-corrected chi connectivity index (χ4v) is 2.44. The standard InChI is InChI=1S/C14H20N2O/c1-10-6-4-5-7-12(10)11(2)15-13-8-9-16(3)14(13)17/h4-7,11,13,15H,8-9H2,1-3H3/t11-,13?/m1/s1. The van der Waals surface area contributed by atoms with Crippen molar-refractivity contribution in [2.45, 2.75) is 32.4 Å². The minimum atomic E-state index is -0.0189. The Morgan fingerprint density at radius 2 is 2.12 bits per heavy atom. The highest BCUT2D eigenvalue weighted by molar-refractivity contribution is 5.83. The molecule has 2 atom stereocenters. The fourth-order valence-electron chi connectivity index (χ4n) is 2.44. The van der Waals surface area contributed by atoms with E-state index in [9.17, 15) is 4.79 Å². The van der Waals surface area contributed by atoms with Crippen LogP contribution in [-0.4, -0.2) is 30.4 Å². The third-order valence-corrected chi connectivity index (χ3v) is 3.53. The van der Waals surface area contributed by atoms with Crippen LogP contribution >= 0.6 is 0 Å². The van der Waals surface area contributed by atoms with Crippen LogP contribution in [-0.2, 0) is 4.79 Å². The molecule has 1 saturated heterocycles. The molecular weight excluding hydrogens is 212 g/mol. The molecule has 0 aromatic heterocycles. The highest BCUT2D eigenvalue weighted by Gasteiger charge is 2.30. The molecule has 1 N–H and O–H groups in total. The average molecular weight is 232 g/mol. The Balaban J connectivity index is 2.05. The molecule has 1 aromatic carbocycles. The second kappa shape index (κ2) is 4.88. The van der Waals surface area contributed by atoms with E-state index >= 15 is 0 Å². The van der Waals surface area contributed by atoms with Gasteiger partial charge in [-0.25, -0.2) is 0 Å². The quantitative estimate of drug-likeness (QED) is 0.863. The van der Waals surface area contributed by atoms with E-state index in [4.69, 9.17) is 0 Å². The van der Waals surface area contributed by atoms with Crippen LogP contribution in [0.1, 0.15) is 30.5 Å². The van der Waals surface area contributed by atoms with Crippen molar-refractivity contribution in [3.8, 4) is 0 Å². The summed E-state index contributed by atoms with van der Waals surface area (Å²) in [6.07, 6.45) is 0.908. The predicted molar refractivity (Wildman–Crippen MR) is 68.8 cm³/mol. The molecule has 0 aliphatic carbocycles. The predicted octanol–water partition coefficient (Wildman–Crippen LogP) is 1.88. The number of likely N-dealkylation sites (tertiary alicyclic amines) is 1. The van der Waals surface area contributed by atoms with Gasteiger partial charge in [-0.05, 0) is 31.4 Å². The Kier molecular flexibility index (Phi) is 3.48. The highest BCUT2D eigenvalue weighted by Crippen LogP contribution is 2.19. The molecule has 1 aromatic rings. The average Bonchev–Trinajstić information content (AvgIpc) is 2.61. The molecule has 2 rings (SSSR count). The van der Waals surface area contributed by atoms with Crippen LogP contribution < -0.4 is 5.32 Å². The molecule has 0 radical (unpaired) electrons. The van der Waals surface area contributed by atoms with Gasteiger partial charge >= 0.3 is 0 Å². The number of nitrogens with one attached hydrogen (secondary N) is 1. The van der Waals surface area contributed by atoms with Gasteiger partial charge < -0.3 is 4.90 Å². The molecule has 1 amide bonds. The Morgan fingerprint density at radius 3 is 2.71 bits per heavy atom. The van der Waals surface area contributed by atoms with Crippen molar-refractivity contribution >= 4 is 5.91 Å². The van der Waals surface area contributed by atoms with Crippen LogP contribution in [0.4, 0.5) is 0 Å². The maximum absolute atomic E-state index is 11.8. The number of likely N-dealkylation sites (N-methyl/N-ethyl adjacent to an activating group) is 1. The van der Waals surface area contributed by atoms with Crippen molar-refractivity contribution in [2.24, 2.45) is 0 Å². The van der Waals surface area contributed by atoms with Gasteiger partial charge in [0, 0.05) is 19.6 Å². The van der Waals surface area contributed by atoms with Crippen LogP contribution in [0.25, 0.3) is 0 Å². The molecule has 0 bridgehead atoms. The zero-order chi connectivity index (χ0) is 12.4. The lowest BCUT2D eigenvalue weighted by Crippen LogP contribution is -2.38. The first-order valence-electron chi connectivity index (χ1n) is 6.16. The van der Waals surface area contributed by atoms with Gasteiger partial charge in [-0.3, -0.25) is 10.1 Å². The molecule has 1 unspecified atom stereocenters. The number of carbonyl (C=O) groups is 1. The van der Waals surface area contributed by atoms with Gasteiger partial charge in [-0.2, -0.15) is 0 Å². The second-order valence-electron chi connectivity index (χ2n) is 4.85. The van der Waals surface area contributed by atoms with Crippen molar-refractivity contribution in [3.63, 3.8) is 0 Å². The number of carbonyl (C=O) groups excluding carboxylic acids is 1. The van der Waals surface area contributed by atoms with E-state index in [-0.39, 0.29) is 18.0 Å². The van der Waals surface area contributed by atoms with Crippen molar-refractivity contribution in [1.82, 2.24) is 10.2 Å². The maximum Gasteiger partial charge on any atom is 0.239 e. The van der Waals surface area contributed by atoms with Gasteiger partial charge in [0.25, 0.3) is 0 Å². The van der Waals surface area contributed by atoms with Gasteiger partial charge in [0.2, 0.25) is 5.91 Å². The van der Waals surface area contributed by atoms with Gasteiger partial charge in [0.05, 0.1) is 6.04 Å². The van der Waals surface area contributed by atoms with Crippen LogP contribution in [0.3, 0.4) is 0 Å². The number of benzene rings is 1. The number of hydrogen-bond acceptors (Lipinski definition) is 2. The van der Waals surface area contributed by atoms with Gasteiger partial charge in [0.1, 0.15) is 0 Å². The molecular formula is C14H20N2O. The molecule has 92 valence electrons. The van der Waals surface area contributed by atoms with Crippen molar-refractivity contribution in [3.05, 3.63) is 35.4 Å². The summed E-state index contributed by atoms with van der Waals surface area (Å²) in [7, 11) is 1.86. The first-order chi connectivity index (χ1) is 8.09. The molecule has 1 heterocycles. The number of rotatable bonds is 3. The molecule has 3 nitrogen and oxygen atoms in total. The second-order valence-corrected chi connectivity index (χ2v) is 4.85. The topological polar surface area (TPSA) is 32.3 Å². The molecule has 3 heteroatoms. The van der Waals surface area contributed by atoms with E-state index in [0.717, 1.165) is 13.0 Å². The highest BCUT2D eigenvalue weighted by atomic mass is 16.2. The van der Waals surface area contributed by atoms with Crippen LogP contribution in [0, 0.1) is 6.92 Å². The Morgan fingerprint density at radius 1 is 1.41 bits per heavy atom. The van der Waals surface area contributed by atoms with Gasteiger partial charge in [0.15, 0.2) is 0 Å². The summed E-state index contributed by atoms with van der Waals surface area (Å²) in [5.41, 5.74) is 2.54. The summed E-state index contributed by atoms with van der Waals surface area (Å²) in [5.74, 6) is 0.213. The van der Waals surface area contributed by atoms with E-state index in [0.29, 0.717) is 0 Å². The largest absolute Gasteiger partial charge is 0.344 e. The molecule has 0 spiro atoms. The van der Waals surface area contributed by atoms with Gasteiger partial charge in [-0.1, -0.05) is 24.3 Å². The van der Waals surface area contributed by atoms with Crippen LogP contribution in [0.2, 0.25) is 0 Å². The van der Waals surface area contributed by atoms with Crippen molar-refractivity contribution < 1.29 is 4.79 Å². The summed E-state index contributed by atoms with van der Waals surface area (Å²) >= 11 is 0. The smallest absolute Gasteiger partial charge is 0.239 e. The molecule has 1 aliphatic rings. The zero-order valence-corrected chi connectivity index (χ0v) is 10.7. The summed E-state index contributed by atoms with van der Waals surface area (Å²) in [5, 5.41) is 3.42. The van der Waals surface area contributed by atoms with Crippen LogP contribution in [0.5, 0.6) is 0 Å². The number of nitrogens with zero attached hydrogens (tertiary/aromatic N) is 1. The van der Waals surface area contributed by atoms with E-state index in [1.54, 1.807) is 4.90 Å². The Labute approximate surface area is 103 Å². The van der Waals surface area contributed by atoms with E-state index in [2.05, 4.69) is 31.3 Å². The summed E-state index contributed by atoms with van der Waals surface area (Å²) in [4.78, 5) is 13.6. The summed E-state index contributed by atoms with van der Waals surface area (Å²) in [6.45, 7) is 5.08. The first kappa shape index (κ1) is 12.1. The third-order valence-electron chi connectivity index (χ3n) is 3.53. The van der Waals surface area contributed by atoms with E-state index in [1.807, 2.05) is 19.2 Å². The number of amides is 1. The molecule has 17 heavy (non-hydrogen) atoms. The SMILES string of the molecule is Cc1ccccc1[C@@H](C)NC1CCN(C)C1=O. The maximum atomic E-state index is 11.8. The number of hydrogen-bond donors (Lipinski definition) is 1. The Hall–Kier alpha value is -1.35. The Bertz CT molecular complexity index is 416. The van der Waals surface area contributed by atoms with Crippen molar-refractivity contribution in [1.29, 1.82) is 0 Å². The van der Waals surface area contributed by atoms with Gasteiger partial charge in [-0.15, -0.1) is 0 Å². The lowest BCUT2D eigenvalue weighted by atomic mass is 10.0. The summed E-state index contributed by atoms with van der Waals surface area (Å²) < 4.78 is 0. The molecule has 1 fully saturated rings. The first-order valence-corrected chi connectivity index (χ1v) is 6.16. The number of aryl methyl sites for hydroxylation is 1. The zero-order valence-electron chi connectivity index (χ0n) is 10.7. The van der Waals surface area contributed by atoms with Crippen molar-refractivity contribution in [2.75, 3.05) is 13.6 Å². The lowest BCUT2D eigenvalue weighted by Gasteiger charge is -2.20. The van der Waals surface area contributed by atoms with E-state index in [1.165, 1.54) is 11.1 Å². The summed E-state index contributed by atoms with van der Waals surface area (Å²) in [6, 6.07) is 8.52. The fraction of sp³-hybridized carbons (Fsp3) is 0.500. The monoisotopic (exact) mass is 232 g/mol. The normalized spacial score (nSPS) is 21.9. The molecule has 1 aliphatic heterocycles. The third kappa shape index (κ3) is 2.50. The molecule has 0 saturated carbocycles. The minimum Gasteiger partial charge on any atom is -0.344 e. The van der Waals surface area contributed by atoms with E-state index < -0.39 is 0 Å². The minimum absolute atomic E-state index is 0.0189. The van der Waals surface area contributed by atoms with Crippen LogP contribution in [0.15, 0.2) is 24.3 Å². The lowest BCUT2D eigenvalue weighted by molar-refractivity contribution is -0.128.